The topological polar surface area (TPSA) is 113 Å². The summed E-state index contributed by atoms with van der Waals surface area (Å²) in [6.45, 7) is 12.0. The van der Waals surface area contributed by atoms with E-state index in [2.05, 4.69) is 23.7 Å². The summed E-state index contributed by atoms with van der Waals surface area (Å²) in [4.78, 5) is 30.7. The second-order valence-electron chi connectivity index (χ2n) is 11.0. The number of aliphatic hydroxyl groups excluding tert-OH is 1. The van der Waals surface area contributed by atoms with Crippen molar-refractivity contribution in [1.29, 1.82) is 0 Å². The number of aryl methyl sites for hydroxylation is 1. The van der Waals surface area contributed by atoms with Gasteiger partial charge in [-0.15, -0.1) is 0 Å². The Morgan fingerprint density at radius 1 is 1.17 bits per heavy atom. The highest BCUT2D eigenvalue weighted by Crippen LogP contribution is 2.39. The first-order valence-electron chi connectivity index (χ1n) is 14.2. The molecule has 0 saturated heterocycles. The monoisotopic (exact) mass is 574 g/mol. The highest BCUT2D eigenvalue weighted by Gasteiger charge is 2.39. The van der Waals surface area contributed by atoms with Gasteiger partial charge in [0.2, 0.25) is 11.8 Å². The number of benzene rings is 1. The zero-order valence-electron chi connectivity index (χ0n) is 25.2. The summed E-state index contributed by atoms with van der Waals surface area (Å²) < 4.78 is 11.2. The number of phenolic OH excluding ortho intramolecular Hbond substituents is 1. The number of allylic oxidation sites excluding steroid dienone is 7. The van der Waals surface area contributed by atoms with Crippen molar-refractivity contribution < 1.29 is 29.0 Å². The molecule has 2 aromatic rings. The third-order valence-electron chi connectivity index (χ3n) is 7.02. The van der Waals surface area contributed by atoms with Gasteiger partial charge in [0.1, 0.15) is 29.8 Å². The fraction of sp³-hybridized carbons (Fsp3) is 0.382. The molecule has 3 atom stereocenters. The molecule has 1 aromatic carbocycles. The molecule has 0 spiro atoms. The lowest BCUT2D eigenvalue weighted by Gasteiger charge is -2.33. The van der Waals surface area contributed by atoms with Gasteiger partial charge in [0.25, 0.3) is 0 Å². The van der Waals surface area contributed by atoms with Crippen LogP contribution in [0, 0.1) is 12.8 Å². The number of esters is 1. The number of amides is 1. The standard InChI is InChI=1S/C34H42N2O6/c1-22(2)19-28(37)36(6)18-14-12-10-8-7-9-11-13-15-24(4)33-35-26(21-41-33)20-25(5)32-31(39)27-17-16-23(3)30(38)29(27)34(40)42-32/h7,9,11-14,16-17,19,21,25,31-32,38-39H,4,8,10,15,18,20H2,1-3,5-6H3/b9-7+,13-11+,14-12+/t25-,31+,32-/m1/s1. The third kappa shape index (κ3) is 8.66. The lowest BCUT2D eigenvalue weighted by molar-refractivity contribution is -0.124. The van der Waals surface area contributed by atoms with Crippen LogP contribution in [0.4, 0.5) is 0 Å². The largest absolute Gasteiger partial charge is 0.507 e. The molecule has 2 heterocycles. The number of oxazole rings is 1. The molecule has 0 radical (unpaired) electrons. The molecule has 224 valence electrons. The van der Waals surface area contributed by atoms with E-state index in [0.717, 1.165) is 24.0 Å². The minimum Gasteiger partial charge on any atom is -0.507 e. The van der Waals surface area contributed by atoms with Crippen LogP contribution in [0.5, 0.6) is 5.75 Å². The first-order chi connectivity index (χ1) is 20.0. The first-order valence-corrected chi connectivity index (χ1v) is 14.2. The van der Waals surface area contributed by atoms with Gasteiger partial charge in [0, 0.05) is 36.7 Å². The van der Waals surface area contributed by atoms with Crippen LogP contribution in [0.1, 0.15) is 79.2 Å². The van der Waals surface area contributed by atoms with Crippen molar-refractivity contribution in [3.63, 3.8) is 0 Å². The average molecular weight is 575 g/mol. The van der Waals surface area contributed by atoms with E-state index < -0.39 is 18.2 Å². The summed E-state index contributed by atoms with van der Waals surface area (Å²) in [6, 6.07) is 3.33. The maximum atomic E-state index is 12.6. The number of carbonyl (C=O) groups excluding carboxylic acids is 2. The maximum Gasteiger partial charge on any atom is 0.342 e. The predicted molar refractivity (Wildman–Crippen MR) is 164 cm³/mol. The maximum absolute atomic E-state index is 12.6. The minimum absolute atomic E-state index is 0.0115. The van der Waals surface area contributed by atoms with E-state index in [4.69, 9.17) is 9.15 Å². The van der Waals surface area contributed by atoms with E-state index in [0.29, 0.717) is 42.1 Å². The Labute approximate surface area is 248 Å². The SMILES string of the molecule is C=C(C/C=C/C=C/CC/C=C/CN(C)C(=O)C=C(C)C)c1nc(C[C@@H](C)[C@H]2OC(=O)c3c(ccc(C)c3O)[C@@H]2O)co1. The molecular formula is C34H42N2O6. The number of hydrogen-bond donors (Lipinski definition) is 2. The van der Waals surface area contributed by atoms with Crippen molar-refractivity contribution in [2.75, 3.05) is 13.6 Å². The predicted octanol–water partition coefficient (Wildman–Crippen LogP) is 6.42. The van der Waals surface area contributed by atoms with Gasteiger partial charge in [-0.2, -0.15) is 0 Å². The Morgan fingerprint density at radius 2 is 1.88 bits per heavy atom. The van der Waals surface area contributed by atoms with E-state index in [9.17, 15) is 19.8 Å². The molecule has 0 fully saturated rings. The van der Waals surface area contributed by atoms with Crippen LogP contribution in [-0.4, -0.2) is 51.7 Å². The quantitative estimate of drug-likeness (QED) is 0.0934. The number of hydrogen-bond acceptors (Lipinski definition) is 7. The Kier molecular flexibility index (Phi) is 11.7. The van der Waals surface area contributed by atoms with Crippen molar-refractivity contribution in [3.8, 4) is 5.75 Å². The van der Waals surface area contributed by atoms with Gasteiger partial charge in [-0.3, -0.25) is 4.79 Å². The number of aromatic nitrogens is 1. The Balaban J connectivity index is 1.42. The fourth-order valence-corrected chi connectivity index (χ4v) is 4.57. The molecule has 8 heteroatoms. The summed E-state index contributed by atoms with van der Waals surface area (Å²) in [5.74, 6) is -0.601. The van der Waals surface area contributed by atoms with E-state index in [1.165, 1.54) is 0 Å². The van der Waals surface area contributed by atoms with Crippen LogP contribution < -0.4 is 0 Å². The second kappa shape index (κ2) is 15.2. The molecule has 3 rings (SSSR count). The number of fused-ring (bicyclic) bond motifs is 1. The molecule has 0 saturated carbocycles. The van der Waals surface area contributed by atoms with Crippen LogP contribution in [0.3, 0.4) is 0 Å². The molecule has 1 aliphatic rings. The van der Waals surface area contributed by atoms with Gasteiger partial charge in [-0.1, -0.05) is 67.7 Å². The van der Waals surface area contributed by atoms with Crippen LogP contribution in [0.2, 0.25) is 0 Å². The zero-order chi connectivity index (χ0) is 30.8. The van der Waals surface area contributed by atoms with Crippen molar-refractivity contribution in [2.45, 2.75) is 65.6 Å². The molecule has 1 amide bonds. The van der Waals surface area contributed by atoms with Gasteiger partial charge in [0.15, 0.2) is 0 Å². The molecule has 8 nitrogen and oxygen atoms in total. The number of carbonyl (C=O) groups is 2. The van der Waals surface area contributed by atoms with Crippen molar-refractivity contribution in [3.05, 3.63) is 101 Å². The smallest absolute Gasteiger partial charge is 0.342 e. The highest BCUT2D eigenvalue weighted by atomic mass is 16.6. The molecule has 0 aliphatic carbocycles. The minimum atomic E-state index is -1.06. The van der Waals surface area contributed by atoms with Gasteiger partial charge in [0.05, 0.1) is 5.69 Å². The lowest BCUT2D eigenvalue weighted by atomic mass is 9.86. The average Bonchev–Trinajstić information content (AvgIpc) is 3.41. The number of likely N-dealkylation sites (N-methyl/N-ethyl adjacent to an activating group) is 1. The number of cyclic esters (lactones) is 1. The van der Waals surface area contributed by atoms with Gasteiger partial charge in [-0.25, -0.2) is 9.78 Å². The Bertz CT molecular complexity index is 1390. The second-order valence-corrected chi connectivity index (χ2v) is 11.0. The van der Waals surface area contributed by atoms with Crippen molar-refractivity contribution in [1.82, 2.24) is 9.88 Å². The third-order valence-corrected chi connectivity index (χ3v) is 7.02. The fourth-order valence-electron chi connectivity index (χ4n) is 4.57. The molecule has 42 heavy (non-hydrogen) atoms. The zero-order valence-corrected chi connectivity index (χ0v) is 25.2. The molecule has 0 unspecified atom stereocenters. The summed E-state index contributed by atoms with van der Waals surface area (Å²) >= 11 is 0. The Hall–Kier alpha value is -4.17. The van der Waals surface area contributed by atoms with Crippen molar-refractivity contribution in [2.24, 2.45) is 5.92 Å². The molecule has 2 N–H and O–H groups in total. The van der Waals surface area contributed by atoms with Crippen LogP contribution in [0.25, 0.3) is 5.57 Å². The van der Waals surface area contributed by atoms with Crippen molar-refractivity contribution >= 4 is 17.4 Å². The molecular weight excluding hydrogens is 532 g/mol. The Morgan fingerprint density at radius 3 is 2.62 bits per heavy atom. The molecule has 1 aromatic heterocycles. The van der Waals surface area contributed by atoms with E-state index in [1.807, 2.05) is 45.1 Å². The molecule has 1 aliphatic heterocycles. The van der Waals surface area contributed by atoms with Crippen LogP contribution >= 0.6 is 0 Å². The number of phenols is 1. The van der Waals surface area contributed by atoms with E-state index in [1.54, 1.807) is 43.3 Å². The number of unbranched alkanes of at least 4 members (excludes halogenated alkanes) is 1. The lowest BCUT2D eigenvalue weighted by Crippen LogP contribution is -2.37. The summed E-state index contributed by atoms with van der Waals surface area (Å²) in [7, 11) is 1.79. The number of aromatic hydroxyl groups is 1. The number of nitrogens with zero attached hydrogens (tertiary/aromatic N) is 2. The summed E-state index contributed by atoms with van der Waals surface area (Å²) in [5, 5.41) is 21.2. The van der Waals surface area contributed by atoms with Crippen LogP contribution in [-0.2, 0) is 16.0 Å². The first kappa shape index (κ1) is 32.3. The summed E-state index contributed by atoms with van der Waals surface area (Å²) in [5.41, 5.74) is 3.34. The summed E-state index contributed by atoms with van der Waals surface area (Å²) in [6.07, 6.45) is 16.2. The van der Waals surface area contributed by atoms with E-state index >= 15 is 0 Å². The highest BCUT2D eigenvalue weighted by molar-refractivity contribution is 5.96. The van der Waals surface area contributed by atoms with Gasteiger partial charge in [-0.05, 0) is 52.0 Å². The molecule has 0 bridgehead atoms. The van der Waals surface area contributed by atoms with Gasteiger partial charge >= 0.3 is 5.97 Å². The van der Waals surface area contributed by atoms with Crippen LogP contribution in [0.15, 0.2) is 77.5 Å². The van der Waals surface area contributed by atoms with Gasteiger partial charge < -0.3 is 24.3 Å². The number of rotatable bonds is 13. The number of ether oxygens (including phenoxy) is 1. The van der Waals surface area contributed by atoms with E-state index in [-0.39, 0.29) is 23.1 Å². The number of aliphatic hydroxyl groups is 1. The normalized spacial score (nSPS) is 17.4.